The zero-order valence-corrected chi connectivity index (χ0v) is 11.4. The Labute approximate surface area is 106 Å². The lowest BCUT2D eigenvalue weighted by Gasteiger charge is -2.23. The third kappa shape index (κ3) is 4.88. The molecule has 0 fully saturated rings. The first-order valence-electron chi connectivity index (χ1n) is 6.66. The molecular formula is C15H26N2. The Morgan fingerprint density at radius 2 is 1.82 bits per heavy atom. The van der Waals surface area contributed by atoms with E-state index in [-0.39, 0.29) is 0 Å². The van der Waals surface area contributed by atoms with E-state index in [2.05, 4.69) is 49.9 Å². The minimum Gasteiger partial charge on any atom is -0.330 e. The summed E-state index contributed by atoms with van der Waals surface area (Å²) in [6.45, 7) is 10.8. The lowest BCUT2D eigenvalue weighted by atomic mass is 10.0. The van der Waals surface area contributed by atoms with Crippen LogP contribution in [0.2, 0.25) is 0 Å². The average Bonchev–Trinajstić information content (AvgIpc) is 2.30. The summed E-state index contributed by atoms with van der Waals surface area (Å²) >= 11 is 0. The van der Waals surface area contributed by atoms with Gasteiger partial charge in [0.05, 0.1) is 0 Å². The molecular weight excluding hydrogens is 208 g/mol. The third-order valence-electron chi connectivity index (χ3n) is 3.00. The Balaban J connectivity index is 2.71. The molecule has 0 saturated carbocycles. The van der Waals surface area contributed by atoms with E-state index in [9.17, 15) is 0 Å². The highest BCUT2D eigenvalue weighted by Gasteiger charge is 2.08. The fourth-order valence-corrected chi connectivity index (χ4v) is 2.17. The van der Waals surface area contributed by atoms with E-state index in [1.165, 1.54) is 11.1 Å². The molecule has 0 atom stereocenters. The van der Waals surface area contributed by atoms with E-state index in [0.717, 1.165) is 38.5 Å². The zero-order chi connectivity index (χ0) is 12.7. The molecule has 0 heterocycles. The number of hydrogen-bond acceptors (Lipinski definition) is 2. The van der Waals surface area contributed by atoms with Crippen LogP contribution in [0.15, 0.2) is 24.3 Å². The van der Waals surface area contributed by atoms with Crippen LogP contribution in [0, 0.1) is 5.92 Å². The Hall–Kier alpha value is -0.860. The van der Waals surface area contributed by atoms with Gasteiger partial charge in [-0.3, -0.25) is 4.90 Å². The molecule has 1 aromatic rings. The largest absolute Gasteiger partial charge is 0.330 e. The highest BCUT2D eigenvalue weighted by molar-refractivity contribution is 5.27. The van der Waals surface area contributed by atoms with Gasteiger partial charge in [-0.1, -0.05) is 45.0 Å². The molecule has 0 aliphatic heterocycles. The maximum atomic E-state index is 5.66. The summed E-state index contributed by atoms with van der Waals surface area (Å²) < 4.78 is 0. The Kier molecular flexibility index (Phi) is 6.23. The number of hydrogen-bond donors (Lipinski definition) is 1. The van der Waals surface area contributed by atoms with Crippen LogP contribution in [0.25, 0.3) is 0 Å². The van der Waals surface area contributed by atoms with Crippen molar-refractivity contribution in [2.24, 2.45) is 11.7 Å². The first kappa shape index (κ1) is 14.2. The van der Waals surface area contributed by atoms with Crippen molar-refractivity contribution in [2.75, 3.05) is 19.6 Å². The van der Waals surface area contributed by atoms with E-state index in [4.69, 9.17) is 5.73 Å². The quantitative estimate of drug-likeness (QED) is 0.786. The summed E-state index contributed by atoms with van der Waals surface area (Å²) in [5, 5.41) is 0. The summed E-state index contributed by atoms with van der Waals surface area (Å²) in [4.78, 5) is 2.50. The van der Waals surface area contributed by atoms with Gasteiger partial charge in [-0.05, 0) is 36.6 Å². The maximum absolute atomic E-state index is 5.66. The molecule has 0 radical (unpaired) electrons. The molecule has 2 heteroatoms. The molecule has 0 aliphatic rings. The van der Waals surface area contributed by atoms with Gasteiger partial charge in [0.25, 0.3) is 0 Å². The average molecular weight is 234 g/mol. The van der Waals surface area contributed by atoms with Crippen LogP contribution >= 0.6 is 0 Å². The van der Waals surface area contributed by atoms with Gasteiger partial charge in [-0.2, -0.15) is 0 Å². The second kappa shape index (κ2) is 7.46. The molecule has 0 bridgehead atoms. The summed E-state index contributed by atoms with van der Waals surface area (Å²) in [5.74, 6) is 0.719. The number of benzene rings is 1. The molecule has 2 N–H and O–H groups in total. The van der Waals surface area contributed by atoms with Gasteiger partial charge >= 0.3 is 0 Å². The molecule has 0 unspecified atom stereocenters. The predicted molar refractivity (Wildman–Crippen MR) is 75.0 cm³/mol. The standard InChI is InChI=1S/C15H26N2/c1-4-17(11-13(2)3)12-15-8-6-5-7-14(15)9-10-16/h5-8,13H,4,9-12,16H2,1-3H3. The van der Waals surface area contributed by atoms with Gasteiger partial charge in [0.15, 0.2) is 0 Å². The Morgan fingerprint density at radius 1 is 1.18 bits per heavy atom. The van der Waals surface area contributed by atoms with Gasteiger partial charge < -0.3 is 5.73 Å². The third-order valence-corrected chi connectivity index (χ3v) is 3.00. The first-order valence-corrected chi connectivity index (χ1v) is 6.66. The van der Waals surface area contributed by atoms with Crippen molar-refractivity contribution in [3.63, 3.8) is 0 Å². The fourth-order valence-electron chi connectivity index (χ4n) is 2.17. The van der Waals surface area contributed by atoms with Crippen molar-refractivity contribution in [3.05, 3.63) is 35.4 Å². The van der Waals surface area contributed by atoms with Crippen LogP contribution in [-0.4, -0.2) is 24.5 Å². The summed E-state index contributed by atoms with van der Waals surface area (Å²) in [6.07, 6.45) is 0.982. The van der Waals surface area contributed by atoms with Crippen molar-refractivity contribution >= 4 is 0 Å². The van der Waals surface area contributed by atoms with Crippen LogP contribution in [0.3, 0.4) is 0 Å². The van der Waals surface area contributed by atoms with Crippen LogP contribution in [-0.2, 0) is 13.0 Å². The first-order chi connectivity index (χ1) is 8.17. The van der Waals surface area contributed by atoms with Crippen LogP contribution in [0.5, 0.6) is 0 Å². The fraction of sp³-hybridized carbons (Fsp3) is 0.600. The molecule has 1 rings (SSSR count). The second-order valence-corrected chi connectivity index (χ2v) is 5.03. The highest BCUT2D eigenvalue weighted by Crippen LogP contribution is 2.13. The summed E-state index contributed by atoms with van der Waals surface area (Å²) in [7, 11) is 0. The Bertz CT molecular complexity index is 320. The SMILES string of the molecule is CCN(Cc1ccccc1CCN)CC(C)C. The maximum Gasteiger partial charge on any atom is 0.0236 e. The molecule has 0 saturated heterocycles. The van der Waals surface area contributed by atoms with Crippen molar-refractivity contribution in [1.29, 1.82) is 0 Å². The van der Waals surface area contributed by atoms with E-state index >= 15 is 0 Å². The number of nitrogens with two attached hydrogens (primary N) is 1. The van der Waals surface area contributed by atoms with Gasteiger partial charge in [-0.25, -0.2) is 0 Å². The van der Waals surface area contributed by atoms with Gasteiger partial charge in [0.1, 0.15) is 0 Å². The smallest absolute Gasteiger partial charge is 0.0236 e. The lowest BCUT2D eigenvalue weighted by molar-refractivity contribution is 0.248. The van der Waals surface area contributed by atoms with Gasteiger partial charge in [0.2, 0.25) is 0 Å². The van der Waals surface area contributed by atoms with Crippen molar-refractivity contribution in [1.82, 2.24) is 4.90 Å². The summed E-state index contributed by atoms with van der Waals surface area (Å²) in [5.41, 5.74) is 8.49. The second-order valence-electron chi connectivity index (χ2n) is 5.03. The molecule has 2 nitrogen and oxygen atoms in total. The molecule has 0 aliphatic carbocycles. The van der Waals surface area contributed by atoms with Crippen LogP contribution in [0.4, 0.5) is 0 Å². The molecule has 1 aromatic carbocycles. The van der Waals surface area contributed by atoms with Gasteiger partial charge in [0, 0.05) is 13.1 Å². The normalized spacial score (nSPS) is 11.4. The molecule has 0 aromatic heterocycles. The highest BCUT2D eigenvalue weighted by atomic mass is 15.1. The van der Waals surface area contributed by atoms with Crippen molar-refractivity contribution in [2.45, 2.75) is 33.7 Å². The zero-order valence-electron chi connectivity index (χ0n) is 11.4. The van der Waals surface area contributed by atoms with E-state index in [1.807, 2.05) is 0 Å². The Morgan fingerprint density at radius 3 is 2.35 bits per heavy atom. The van der Waals surface area contributed by atoms with E-state index in [0.29, 0.717) is 0 Å². The minimum absolute atomic E-state index is 0.719. The minimum atomic E-state index is 0.719. The molecule has 96 valence electrons. The van der Waals surface area contributed by atoms with Crippen LogP contribution < -0.4 is 5.73 Å². The van der Waals surface area contributed by atoms with Crippen molar-refractivity contribution < 1.29 is 0 Å². The molecule has 0 amide bonds. The number of nitrogens with zero attached hydrogens (tertiary/aromatic N) is 1. The van der Waals surface area contributed by atoms with E-state index in [1.54, 1.807) is 0 Å². The predicted octanol–water partition coefficient (Wildman–Crippen LogP) is 2.67. The number of rotatable bonds is 7. The van der Waals surface area contributed by atoms with Crippen LogP contribution in [0.1, 0.15) is 31.9 Å². The monoisotopic (exact) mass is 234 g/mol. The topological polar surface area (TPSA) is 29.3 Å². The lowest BCUT2D eigenvalue weighted by Crippen LogP contribution is -2.27. The van der Waals surface area contributed by atoms with Crippen molar-refractivity contribution in [3.8, 4) is 0 Å². The van der Waals surface area contributed by atoms with E-state index < -0.39 is 0 Å². The molecule has 17 heavy (non-hydrogen) atoms. The summed E-state index contributed by atoms with van der Waals surface area (Å²) in [6, 6.07) is 8.66. The molecule has 0 spiro atoms. The van der Waals surface area contributed by atoms with Gasteiger partial charge in [-0.15, -0.1) is 0 Å².